The summed E-state index contributed by atoms with van der Waals surface area (Å²) in [6.07, 6.45) is 6.44. The average molecular weight is 361 g/mol. The van der Waals surface area contributed by atoms with Crippen LogP contribution in [-0.2, 0) is 14.3 Å². The number of amides is 1. The van der Waals surface area contributed by atoms with E-state index >= 15 is 0 Å². The molecule has 134 valence electrons. The summed E-state index contributed by atoms with van der Waals surface area (Å²) in [5.41, 5.74) is 1.59. The molecule has 1 aromatic heterocycles. The fourth-order valence-electron chi connectivity index (χ4n) is 2.77. The predicted molar refractivity (Wildman–Crippen MR) is 98.6 cm³/mol. The van der Waals surface area contributed by atoms with Crippen molar-refractivity contribution in [3.8, 4) is 5.69 Å². The van der Waals surface area contributed by atoms with Crippen LogP contribution < -0.4 is 5.32 Å². The minimum absolute atomic E-state index is 0.0998. The second kappa shape index (κ2) is 8.42. The van der Waals surface area contributed by atoms with Crippen LogP contribution in [0.1, 0.15) is 26.2 Å². The number of carbonyl (C=O) groups excluding carboxylic acids is 1. The van der Waals surface area contributed by atoms with Crippen LogP contribution in [-0.4, -0.2) is 40.9 Å². The summed E-state index contributed by atoms with van der Waals surface area (Å²) in [6, 6.07) is 7.52. The first kappa shape index (κ1) is 17.8. The quantitative estimate of drug-likeness (QED) is 0.774. The molecule has 0 radical (unpaired) electrons. The Labute approximate surface area is 152 Å². The smallest absolute Gasteiger partial charge is 0.253 e. The Balaban J connectivity index is 1.57. The van der Waals surface area contributed by atoms with Crippen LogP contribution in [0.5, 0.6) is 0 Å². The third-order valence-electron chi connectivity index (χ3n) is 4.22. The highest BCUT2D eigenvalue weighted by atomic mass is 32.1. The molecule has 1 aliphatic rings. The number of hydrogen-bond acceptors (Lipinski definition) is 4. The molecule has 2 aromatic rings. The molecular formula is C18H23N3O3S. The molecule has 0 saturated carbocycles. The number of ether oxygens (including phenoxy) is 2. The molecule has 1 fully saturated rings. The number of nitrogens with one attached hydrogen (secondary N) is 2. The van der Waals surface area contributed by atoms with Crippen LogP contribution in [0.25, 0.3) is 5.69 Å². The summed E-state index contributed by atoms with van der Waals surface area (Å²) in [6.45, 7) is 2.99. The highest BCUT2D eigenvalue weighted by Crippen LogP contribution is 2.16. The summed E-state index contributed by atoms with van der Waals surface area (Å²) >= 11 is 5.22. The van der Waals surface area contributed by atoms with Gasteiger partial charge in [-0.1, -0.05) is 6.07 Å². The van der Waals surface area contributed by atoms with Crippen LogP contribution in [0.15, 0.2) is 36.7 Å². The third-order valence-corrected chi connectivity index (χ3v) is 4.53. The Kier molecular flexibility index (Phi) is 6.01. The van der Waals surface area contributed by atoms with Gasteiger partial charge >= 0.3 is 0 Å². The van der Waals surface area contributed by atoms with Gasteiger partial charge in [-0.25, -0.2) is 0 Å². The molecule has 2 N–H and O–H groups in total. The molecule has 3 rings (SSSR count). The first-order valence-electron chi connectivity index (χ1n) is 8.54. The maximum absolute atomic E-state index is 12.3. The average Bonchev–Trinajstić information content (AvgIpc) is 3.06. The molecule has 1 amide bonds. The van der Waals surface area contributed by atoms with Gasteiger partial charge in [-0.05, 0) is 56.6 Å². The molecule has 7 heteroatoms. The summed E-state index contributed by atoms with van der Waals surface area (Å²) in [4.78, 5) is 15.3. The Morgan fingerprint density at radius 1 is 1.52 bits per heavy atom. The standard InChI is InChI=1S/C18H23N3O3S/c1-13(24-12-16-7-2-3-10-23-16)17(22)20-14-5-4-6-15(11-14)21-9-8-19-18(21)25/h4-6,8-9,11,13,16H,2-3,7,10,12H2,1H3,(H,19,25)(H,20,22)/t13-,16-/m0/s1. The van der Waals surface area contributed by atoms with Gasteiger partial charge in [-0.3, -0.25) is 9.36 Å². The monoisotopic (exact) mass is 361 g/mol. The van der Waals surface area contributed by atoms with Gasteiger partial charge in [0.25, 0.3) is 5.91 Å². The molecule has 25 heavy (non-hydrogen) atoms. The lowest BCUT2D eigenvalue weighted by Gasteiger charge is -2.24. The van der Waals surface area contributed by atoms with Crippen molar-refractivity contribution >= 4 is 23.8 Å². The summed E-state index contributed by atoms with van der Waals surface area (Å²) in [5, 5.41) is 2.89. The molecule has 2 atom stereocenters. The van der Waals surface area contributed by atoms with Gasteiger partial charge in [0.1, 0.15) is 6.10 Å². The second-order valence-electron chi connectivity index (χ2n) is 6.14. The van der Waals surface area contributed by atoms with Crippen LogP contribution in [0, 0.1) is 4.77 Å². The number of anilines is 1. The molecular weight excluding hydrogens is 338 g/mol. The van der Waals surface area contributed by atoms with Gasteiger partial charge in [-0.15, -0.1) is 0 Å². The van der Waals surface area contributed by atoms with Crippen molar-refractivity contribution in [2.45, 2.75) is 38.4 Å². The zero-order valence-corrected chi connectivity index (χ0v) is 15.1. The molecule has 2 heterocycles. The van der Waals surface area contributed by atoms with E-state index in [4.69, 9.17) is 21.7 Å². The van der Waals surface area contributed by atoms with Crippen molar-refractivity contribution in [2.75, 3.05) is 18.5 Å². The van der Waals surface area contributed by atoms with E-state index in [9.17, 15) is 4.79 Å². The van der Waals surface area contributed by atoms with Gasteiger partial charge in [0, 0.05) is 30.4 Å². The predicted octanol–water partition coefficient (Wildman–Crippen LogP) is 3.45. The largest absolute Gasteiger partial charge is 0.376 e. The summed E-state index contributed by atoms with van der Waals surface area (Å²) in [7, 11) is 0. The Hall–Kier alpha value is -1.96. The third kappa shape index (κ3) is 4.78. The van der Waals surface area contributed by atoms with E-state index in [1.54, 1.807) is 13.1 Å². The van der Waals surface area contributed by atoms with Crippen molar-refractivity contribution in [3.05, 3.63) is 41.4 Å². The molecule has 1 aliphatic heterocycles. The van der Waals surface area contributed by atoms with Crippen molar-refractivity contribution in [1.82, 2.24) is 9.55 Å². The fourth-order valence-corrected chi connectivity index (χ4v) is 3.00. The lowest BCUT2D eigenvalue weighted by molar-refractivity contribution is -0.130. The van der Waals surface area contributed by atoms with Gasteiger partial charge in [0.05, 0.1) is 12.7 Å². The van der Waals surface area contributed by atoms with Gasteiger partial charge in [0.2, 0.25) is 0 Å². The number of nitrogens with zero attached hydrogens (tertiary/aromatic N) is 1. The van der Waals surface area contributed by atoms with Crippen LogP contribution in [0.3, 0.4) is 0 Å². The minimum atomic E-state index is -0.538. The van der Waals surface area contributed by atoms with E-state index in [2.05, 4.69) is 10.3 Å². The van der Waals surface area contributed by atoms with E-state index in [0.29, 0.717) is 17.1 Å². The number of hydrogen-bond donors (Lipinski definition) is 2. The van der Waals surface area contributed by atoms with Crippen molar-refractivity contribution in [3.63, 3.8) is 0 Å². The van der Waals surface area contributed by atoms with Gasteiger partial charge in [-0.2, -0.15) is 0 Å². The highest BCUT2D eigenvalue weighted by molar-refractivity contribution is 7.71. The molecule has 0 unspecified atom stereocenters. The normalized spacial score (nSPS) is 18.7. The van der Waals surface area contributed by atoms with Crippen LogP contribution >= 0.6 is 12.2 Å². The topological polar surface area (TPSA) is 68.3 Å². The zero-order valence-electron chi connectivity index (χ0n) is 14.2. The molecule has 1 aromatic carbocycles. The lowest BCUT2D eigenvalue weighted by Crippen LogP contribution is -2.32. The minimum Gasteiger partial charge on any atom is -0.376 e. The SMILES string of the molecule is C[C@H](OC[C@@H]1CCCCO1)C(=O)Nc1cccc(-n2cc[nH]c2=S)c1. The van der Waals surface area contributed by atoms with Crippen LogP contribution in [0.2, 0.25) is 0 Å². The number of rotatable bonds is 6. The summed E-state index contributed by atoms with van der Waals surface area (Å²) < 4.78 is 13.7. The molecule has 1 saturated heterocycles. The summed E-state index contributed by atoms with van der Waals surface area (Å²) in [5.74, 6) is -0.175. The number of imidazole rings is 1. The maximum atomic E-state index is 12.3. The Morgan fingerprint density at radius 3 is 3.12 bits per heavy atom. The first-order chi connectivity index (χ1) is 12.1. The lowest BCUT2D eigenvalue weighted by atomic mass is 10.1. The molecule has 6 nitrogen and oxygen atoms in total. The second-order valence-corrected chi connectivity index (χ2v) is 6.53. The van der Waals surface area contributed by atoms with Gasteiger partial charge in [0.15, 0.2) is 4.77 Å². The molecule has 0 bridgehead atoms. The fraction of sp³-hybridized carbons (Fsp3) is 0.444. The number of aromatic nitrogens is 2. The van der Waals surface area contributed by atoms with E-state index < -0.39 is 6.10 Å². The van der Waals surface area contributed by atoms with E-state index in [0.717, 1.165) is 31.6 Å². The molecule has 0 aliphatic carbocycles. The number of aromatic amines is 1. The Morgan fingerprint density at radius 2 is 2.40 bits per heavy atom. The van der Waals surface area contributed by atoms with Gasteiger partial charge < -0.3 is 19.8 Å². The molecule has 0 spiro atoms. The van der Waals surface area contributed by atoms with Crippen molar-refractivity contribution in [2.24, 2.45) is 0 Å². The highest BCUT2D eigenvalue weighted by Gasteiger charge is 2.19. The number of carbonyl (C=O) groups is 1. The van der Waals surface area contributed by atoms with Crippen molar-refractivity contribution in [1.29, 1.82) is 0 Å². The number of benzene rings is 1. The van der Waals surface area contributed by atoms with E-state index in [1.165, 1.54) is 0 Å². The van der Waals surface area contributed by atoms with E-state index in [-0.39, 0.29) is 12.0 Å². The number of H-pyrrole nitrogens is 1. The van der Waals surface area contributed by atoms with Crippen LogP contribution in [0.4, 0.5) is 5.69 Å². The zero-order chi connectivity index (χ0) is 17.6. The maximum Gasteiger partial charge on any atom is 0.253 e. The van der Waals surface area contributed by atoms with E-state index in [1.807, 2.05) is 35.0 Å². The first-order valence-corrected chi connectivity index (χ1v) is 8.95. The Bertz CT molecular complexity index is 765. The van der Waals surface area contributed by atoms with Crippen molar-refractivity contribution < 1.29 is 14.3 Å².